The summed E-state index contributed by atoms with van der Waals surface area (Å²) in [6.07, 6.45) is 3.65. The lowest BCUT2D eigenvalue weighted by atomic mass is 10.1. The number of hydrogen-bond acceptors (Lipinski definition) is 4. The monoisotopic (exact) mass is 325 g/mol. The molecule has 0 spiro atoms. The van der Waals surface area contributed by atoms with E-state index in [1.807, 2.05) is 36.4 Å². The first-order chi connectivity index (χ1) is 11.7. The molecule has 6 heteroatoms. The van der Waals surface area contributed by atoms with Gasteiger partial charge in [-0.3, -0.25) is 14.6 Å². The van der Waals surface area contributed by atoms with Crippen molar-refractivity contribution in [3.8, 4) is 5.75 Å². The Morgan fingerprint density at radius 1 is 1.12 bits per heavy atom. The van der Waals surface area contributed by atoms with E-state index < -0.39 is 6.10 Å². The number of carbonyl (C=O) groups is 2. The molecular weight excluding hydrogens is 306 g/mol. The number of pyridine rings is 1. The van der Waals surface area contributed by atoms with Gasteiger partial charge in [-0.25, -0.2) is 0 Å². The maximum absolute atomic E-state index is 12.1. The van der Waals surface area contributed by atoms with E-state index in [-0.39, 0.29) is 24.8 Å². The third-order valence-electron chi connectivity index (χ3n) is 3.83. The maximum atomic E-state index is 12.1. The molecule has 0 aliphatic carbocycles. The number of nitrogens with zero attached hydrogens (tertiary/aromatic N) is 1. The van der Waals surface area contributed by atoms with E-state index in [1.54, 1.807) is 12.4 Å². The second kappa shape index (κ2) is 7.59. The van der Waals surface area contributed by atoms with Crippen molar-refractivity contribution in [1.82, 2.24) is 15.6 Å². The van der Waals surface area contributed by atoms with Gasteiger partial charge in [-0.15, -0.1) is 0 Å². The number of aromatic nitrogens is 1. The van der Waals surface area contributed by atoms with Gasteiger partial charge in [-0.2, -0.15) is 0 Å². The third kappa shape index (κ3) is 4.10. The summed E-state index contributed by atoms with van der Waals surface area (Å²) in [7, 11) is 0. The van der Waals surface area contributed by atoms with Gasteiger partial charge >= 0.3 is 0 Å². The van der Waals surface area contributed by atoms with Crippen molar-refractivity contribution in [2.24, 2.45) is 0 Å². The summed E-state index contributed by atoms with van der Waals surface area (Å²) < 4.78 is 5.61. The average molecular weight is 325 g/mol. The normalized spacial score (nSPS) is 15.2. The van der Waals surface area contributed by atoms with Crippen molar-refractivity contribution in [3.63, 3.8) is 0 Å². The van der Waals surface area contributed by atoms with Crippen LogP contribution in [0.25, 0.3) is 0 Å². The molecule has 3 rings (SSSR count). The van der Waals surface area contributed by atoms with Crippen LogP contribution in [0.1, 0.15) is 17.5 Å². The summed E-state index contributed by atoms with van der Waals surface area (Å²) in [6.45, 7) is 0.744. The van der Waals surface area contributed by atoms with Crippen LogP contribution < -0.4 is 15.4 Å². The van der Waals surface area contributed by atoms with Gasteiger partial charge in [0.2, 0.25) is 5.91 Å². The number of benzene rings is 1. The number of fused-ring (bicyclic) bond motifs is 1. The maximum Gasteiger partial charge on any atom is 0.261 e. The molecule has 1 aliphatic rings. The molecule has 0 unspecified atom stereocenters. The molecule has 1 atom stereocenters. The number of carbonyl (C=O) groups excluding carboxylic acids is 2. The molecule has 1 aromatic carbocycles. The molecule has 0 saturated carbocycles. The minimum atomic E-state index is -0.512. The Balaban J connectivity index is 1.36. The number of nitrogens with one attached hydrogen (secondary N) is 2. The van der Waals surface area contributed by atoms with E-state index in [9.17, 15) is 9.59 Å². The van der Waals surface area contributed by atoms with Crippen molar-refractivity contribution in [1.29, 1.82) is 0 Å². The molecule has 2 amide bonds. The molecule has 1 aliphatic heterocycles. The Hall–Kier alpha value is -2.89. The van der Waals surface area contributed by atoms with E-state index in [4.69, 9.17) is 4.74 Å². The van der Waals surface area contributed by atoms with Crippen LogP contribution in [-0.4, -0.2) is 29.4 Å². The lowest BCUT2D eigenvalue weighted by molar-refractivity contribution is -0.127. The average Bonchev–Trinajstić information content (AvgIpc) is 3.05. The summed E-state index contributed by atoms with van der Waals surface area (Å²) >= 11 is 0. The molecule has 2 N–H and O–H groups in total. The molecule has 0 radical (unpaired) electrons. The molecule has 124 valence electrons. The fourth-order valence-corrected chi connectivity index (χ4v) is 2.53. The van der Waals surface area contributed by atoms with Crippen LogP contribution in [0.4, 0.5) is 0 Å². The second-order valence-corrected chi connectivity index (χ2v) is 5.59. The van der Waals surface area contributed by atoms with Gasteiger partial charge in [-0.05, 0) is 29.3 Å². The Bertz CT molecular complexity index is 693. The van der Waals surface area contributed by atoms with E-state index >= 15 is 0 Å². The molecule has 1 aromatic heterocycles. The Kier molecular flexibility index (Phi) is 5.05. The van der Waals surface area contributed by atoms with Gasteiger partial charge < -0.3 is 15.4 Å². The number of hydrogen-bond donors (Lipinski definition) is 2. The highest BCUT2D eigenvalue weighted by Gasteiger charge is 2.28. The zero-order valence-corrected chi connectivity index (χ0v) is 13.2. The predicted octanol–water partition coefficient (Wildman–Crippen LogP) is 1.21. The van der Waals surface area contributed by atoms with Crippen LogP contribution in [0.15, 0.2) is 48.8 Å². The highest BCUT2D eigenvalue weighted by atomic mass is 16.5. The minimum Gasteiger partial charge on any atom is -0.480 e. The molecule has 24 heavy (non-hydrogen) atoms. The molecule has 0 saturated heterocycles. The number of amides is 2. The van der Waals surface area contributed by atoms with Crippen LogP contribution in [0.3, 0.4) is 0 Å². The molecule has 2 aromatic rings. The topological polar surface area (TPSA) is 80.3 Å². The molecule has 0 bridgehead atoms. The third-order valence-corrected chi connectivity index (χ3v) is 3.83. The fourth-order valence-electron chi connectivity index (χ4n) is 2.53. The minimum absolute atomic E-state index is 0.109. The molecule has 2 heterocycles. The van der Waals surface area contributed by atoms with Gasteiger partial charge in [0.15, 0.2) is 6.10 Å². The summed E-state index contributed by atoms with van der Waals surface area (Å²) in [6, 6.07) is 11.3. The summed E-state index contributed by atoms with van der Waals surface area (Å²) in [5.41, 5.74) is 2.02. The van der Waals surface area contributed by atoms with Crippen LogP contribution in [-0.2, 0) is 22.6 Å². The van der Waals surface area contributed by atoms with Crippen molar-refractivity contribution in [2.75, 3.05) is 6.54 Å². The number of para-hydroxylation sites is 1. The van der Waals surface area contributed by atoms with Crippen molar-refractivity contribution in [2.45, 2.75) is 25.5 Å². The summed E-state index contributed by atoms with van der Waals surface area (Å²) in [5, 5.41) is 5.56. The lowest BCUT2D eigenvalue weighted by Gasteiger charge is -2.11. The summed E-state index contributed by atoms with van der Waals surface area (Å²) in [5.74, 6) is 0.462. The lowest BCUT2D eigenvalue weighted by Crippen LogP contribution is -2.39. The van der Waals surface area contributed by atoms with Gasteiger partial charge in [0.05, 0.1) is 0 Å². The first-order valence-electron chi connectivity index (χ1n) is 7.90. The van der Waals surface area contributed by atoms with E-state index in [2.05, 4.69) is 15.6 Å². The zero-order valence-electron chi connectivity index (χ0n) is 13.2. The predicted molar refractivity (Wildman–Crippen MR) is 88.3 cm³/mol. The zero-order chi connectivity index (χ0) is 16.8. The SMILES string of the molecule is O=C(CCNC(=O)[C@H]1Cc2ccccc2O1)NCc1ccncc1. The van der Waals surface area contributed by atoms with Crippen molar-refractivity contribution < 1.29 is 14.3 Å². The van der Waals surface area contributed by atoms with E-state index in [0.717, 1.165) is 16.9 Å². The van der Waals surface area contributed by atoms with E-state index in [0.29, 0.717) is 13.0 Å². The van der Waals surface area contributed by atoms with Crippen LogP contribution >= 0.6 is 0 Å². The summed E-state index contributed by atoms with van der Waals surface area (Å²) in [4.78, 5) is 27.8. The number of ether oxygens (including phenoxy) is 1. The second-order valence-electron chi connectivity index (χ2n) is 5.59. The van der Waals surface area contributed by atoms with Gasteiger partial charge in [0.25, 0.3) is 5.91 Å². The van der Waals surface area contributed by atoms with Crippen molar-refractivity contribution in [3.05, 3.63) is 59.9 Å². The van der Waals surface area contributed by atoms with Crippen LogP contribution in [0.5, 0.6) is 5.75 Å². The molecule has 0 fully saturated rings. The molecular formula is C18H19N3O3. The largest absolute Gasteiger partial charge is 0.480 e. The standard InChI is InChI=1S/C18H19N3O3/c22-17(21-12-13-5-8-19-9-6-13)7-10-20-18(23)16-11-14-3-1-2-4-15(14)24-16/h1-6,8-9,16H,7,10-12H2,(H,20,23)(H,21,22)/t16-/m1/s1. The quantitative estimate of drug-likeness (QED) is 0.836. The highest BCUT2D eigenvalue weighted by molar-refractivity contribution is 5.83. The molecule has 6 nitrogen and oxygen atoms in total. The first-order valence-corrected chi connectivity index (χ1v) is 7.90. The first kappa shape index (κ1) is 16.0. The Labute approximate surface area is 140 Å². The van der Waals surface area contributed by atoms with Crippen molar-refractivity contribution >= 4 is 11.8 Å². The smallest absolute Gasteiger partial charge is 0.261 e. The highest BCUT2D eigenvalue weighted by Crippen LogP contribution is 2.27. The van der Waals surface area contributed by atoms with E-state index in [1.165, 1.54) is 0 Å². The fraction of sp³-hybridized carbons (Fsp3) is 0.278. The van der Waals surface area contributed by atoms with Crippen LogP contribution in [0.2, 0.25) is 0 Å². The Morgan fingerprint density at radius 3 is 2.71 bits per heavy atom. The van der Waals surface area contributed by atoms with Crippen LogP contribution in [0, 0.1) is 0 Å². The van der Waals surface area contributed by atoms with Gasteiger partial charge in [0, 0.05) is 38.3 Å². The van der Waals surface area contributed by atoms with Gasteiger partial charge in [-0.1, -0.05) is 18.2 Å². The Morgan fingerprint density at radius 2 is 1.92 bits per heavy atom. The van der Waals surface area contributed by atoms with Gasteiger partial charge in [0.1, 0.15) is 5.75 Å². The number of rotatable bonds is 6.